The maximum Gasteiger partial charge on any atom is 0.410 e. The standard InChI is InChI=1S/C72H97FN10O11/c1-44-37-80(54(39-79-30-31-92-42-45(79)2)40-81(44)68(91)94-71(10,11)12)41-61(85)83-43-72(13,56-29-24-48(33-58(56)83)32-47-22-26-52(73)27-23-47)66(89)74-36-60(84)75-53-28-25-50-35-59(64(87)76-57-21-17-19-49-18-15-16-20-55(49)57)82(38-51(50)34-53)65(88)62(69(4,5)6)77-63(86)46(3)78(14)67(90)93-70(7,8)9/h15-16,18,20,22-29,33-34,44-46,54,57,59,62H,17,19,21,30-32,35-43H2,1-14H3,(H,74,89)(H,75,84)(H,76,87)(H,77,86)/t44?,45-,46+,54?,57-,59+,62-,72-/m1/s1. The summed E-state index contributed by atoms with van der Waals surface area (Å²) in [5, 5.41) is 12.0. The first-order valence-corrected chi connectivity index (χ1v) is 33.0. The summed E-state index contributed by atoms with van der Waals surface area (Å²) in [6, 6.07) is 21.3. The molecule has 0 aromatic heterocycles. The third-order valence-corrected chi connectivity index (χ3v) is 18.8. The molecule has 5 aliphatic rings. The van der Waals surface area contributed by atoms with Gasteiger partial charge in [0.1, 0.15) is 35.1 Å². The average molecular weight is 1300 g/mol. The molecule has 0 spiro atoms. The van der Waals surface area contributed by atoms with Gasteiger partial charge in [0.05, 0.1) is 37.8 Å². The Bertz CT molecular complexity index is 3490. The Balaban J connectivity index is 0.933. The predicted octanol–water partition coefficient (Wildman–Crippen LogP) is 8.04. The van der Waals surface area contributed by atoms with Crippen LogP contribution in [0.3, 0.4) is 0 Å². The molecule has 2 saturated heterocycles. The van der Waals surface area contributed by atoms with Gasteiger partial charge in [-0.05, 0) is 170 Å². The lowest BCUT2D eigenvalue weighted by Gasteiger charge is -2.47. The van der Waals surface area contributed by atoms with Crippen molar-refractivity contribution in [1.29, 1.82) is 0 Å². The van der Waals surface area contributed by atoms with Crippen molar-refractivity contribution < 1.29 is 57.0 Å². The summed E-state index contributed by atoms with van der Waals surface area (Å²) >= 11 is 0. The molecule has 4 aliphatic heterocycles. The highest BCUT2D eigenvalue weighted by Gasteiger charge is 2.49. The highest BCUT2D eigenvalue weighted by atomic mass is 19.1. The van der Waals surface area contributed by atoms with Crippen LogP contribution in [0.25, 0.3) is 0 Å². The normalized spacial score (nSPS) is 22.3. The summed E-state index contributed by atoms with van der Waals surface area (Å²) in [4.78, 5) is 126. The summed E-state index contributed by atoms with van der Waals surface area (Å²) in [5.41, 5.74) is 3.07. The third-order valence-electron chi connectivity index (χ3n) is 18.8. The van der Waals surface area contributed by atoms with Gasteiger partial charge in [0.25, 0.3) is 0 Å². The third kappa shape index (κ3) is 16.7. The van der Waals surface area contributed by atoms with Gasteiger partial charge in [-0.15, -0.1) is 0 Å². The van der Waals surface area contributed by atoms with Crippen LogP contribution in [0.4, 0.5) is 25.4 Å². The van der Waals surface area contributed by atoms with Gasteiger partial charge in [0, 0.05) is 82.2 Å². The molecule has 0 radical (unpaired) electrons. The van der Waals surface area contributed by atoms with Crippen LogP contribution in [-0.4, -0.2) is 186 Å². The fourth-order valence-electron chi connectivity index (χ4n) is 13.3. The zero-order valence-electron chi connectivity index (χ0n) is 57.3. The smallest absolute Gasteiger partial charge is 0.410 e. The number of likely N-dealkylation sites (N-methyl/N-ethyl adjacent to an activating group) is 1. The number of nitrogens with zero attached hydrogens (tertiary/aromatic N) is 6. The number of rotatable bonds is 16. The molecule has 2 unspecified atom stereocenters. The zero-order chi connectivity index (χ0) is 68.4. The number of hydrogen-bond acceptors (Lipinski definition) is 13. The molecule has 2 fully saturated rings. The molecule has 508 valence electrons. The molecule has 8 atom stereocenters. The number of aryl methyl sites for hydroxylation is 1. The van der Waals surface area contributed by atoms with Crippen LogP contribution in [0.1, 0.15) is 148 Å². The maximum atomic E-state index is 15.3. The molecule has 21 nitrogen and oxygen atoms in total. The van der Waals surface area contributed by atoms with E-state index in [-0.39, 0.29) is 67.9 Å². The quantitative estimate of drug-likeness (QED) is 0.0833. The van der Waals surface area contributed by atoms with Gasteiger partial charge in [0.15, 0.2) is 0 Å². The Morgan fingerprint density at radius 2 is 1.50 bits per heavy atom. The summed E-state index contributed by atoms with van der Waals surface area (Å²) in [6.45, 7) is 26.0. The Labute approximate surface area is 553 Å². The molecule has 4 aromatic carbocycles. The van der Waals surface area contributed by atoms with E-state index in [0.29, 0.717) is 74.7 Å². The first-order valence-electron chi connectivity index (χ1n) is 33.0. The van der Waals surface area contributed by atoms with Crippen molar-refractivity contribution in [2.45, 2.75) is 188 Å². The van der Waals surface area contributed by atoms with Gasteiger partial charge < -0.3 is 50.2 Å². The van der Waals surface area contributed by atoms with Crippen molar-refractivity contribution in [1.82, 2.24) is 40.4 Å². The maximum absolute atomic E-state index is 15.3. The average Bonchev–Trinajstić information content (AvgIpc) is 1.50. The van der Waals surface area contributed by atoms with Crippen LogP contribution in [-0.2, 0) is 74.2 Å². The summed E-state index contributed by atoms with van der Waals surface area (Å²) < 4.78 is 31.2. The number of ether oxygens (including phenoxy) is 3. The first kappa shape index (κ1) is 70.4. The number of nitrogens with one attached hydrogen (secondary N) is 4. The molecule has 1 aliphatic carbocycles. The van der Waals surface area contributed by atoms with E-state index < -0.39 is 82.5 Å². The van der Waals surface area contributed by atoms with Crippen molar-refractivity contribution in [2.75, 3.05) is 76.3 Å². The number of carbonyl (C=O) groups excluding carboxylic acids is 8. The number of anilines is 2. The molecule has 0 bridgehead atoms. The summed E-state index contributed by atoms with van der Waals surface area (Å²) in [7, 11) is 1.45. The molecule has 9 rings (SSSR count). The lowest BCUT2D eigenvalue weighted by molar-refractivity contribution is -0.147. The van der Waals surface area contributed by atoms with Crippen molar-refractivity contribution >= 4 is 59.0 Å². The van der Waals surface area contributed by atoms with E-state index in [9.17, 15) is 33.2 Å². The van der Waals surface area contributed by atoms with E-state index >= 15 is 9.59 Å². The number of hydrogen-bond donors (Lipinski definition) is 4. The minimum Gasteiger partial charge on any atom is -0.444 e. The SMILES string of the molecule is CC1CN(CC(=O)N2C[C@@](C)(C(=O)NCC(=O)Nc3ccc4c(c3)CN(C(=O)[C@@H](NC(=O)[C@H](C)N(C)C(=O)OC(C)(C)C)C(C)(C)C)[C@H](C(=O)N[C@@H]3CCCc5ccccc53)C4)c3ccc(Cc4ccc(F)cc4)cc32)C(CN2CCOC[C@H]2C)CN1C(=O)OC(C)(C)C. The molecule has 22 heteroatoms. The molecule has 4 aromatic rings. The van der Waals surface area contributed by atoms with E-state index in [2.05, 4.69) is 44.1 Å². The molecular weight excluding hydrogens is 1200 g/mol. The largest absolute Gasteiger partial charge is 0.444 e. The molecule has 0 saturated carbocycles. The summed E-state index contributed by atoms with van der Waals surface area (Å²) in [5.74, 6) is -3.11. The van der Waals surface area contributed by atoms with E-state index in [1.54, 1.807) is 68.7 Å². The second kappa shape index (κ2) is 28.6. The van der Waals surface area contributed by atoms with Crippen molar-refractivity contribution in [3.63, 3.8) is 0 Å². The van der Waals surface area contributed by atoms with Gasteiger partial charge in [-0.3, -0.25) is 43.5 Å². The highest BCUT2D eigenvalue weighted by molar-refractivity contribution is 6.04. The van der Waals surface area contributed by atoms with Crippen molar-refractivity contribution in [2.24, 2.45) is 5.41 Å². The topological polar surface area (TPSA) is 232 Å². The Morgan fingerprint density at radius 3 is 2.19 bits per heavy atom. The van der Waals surface area contributed by atoms with E-state index in [0.717, 1.165) is 40.7 Å². The van der Waals surface area contributed by atoms with E-state index in [4.69, 9.17) is 14.2 Å². The minimum atomic E-state index is -1.33. The lowest BCUT2D eigenvalue weighted by atomic mass is 9.83. The number of morpholine rings is 1. The van der Waals surface area contributed by atoms with Gasteiger partial charge in [-0.25, -0.2) is 14.0 Å². The monoisotopic (exact) mass is 1300 g/mol. The number of piperazine rings is 1. The minimum absolute atomic E-state index is 0.0180. The number of halogens is 1. The van der Waals surface area contributed by atoms with E-state index in [1.807, 2.05) is 90.9 Å². The van der Waals surface area contributed by atoms with Crippen LogP contribution in [0.15, 0.2) is 84.9 Å². The van der Waals surface area contributed by atoms with Crippen LogP contribution in [0.5, 0.6) is 0 Å². The second-order valence-electron chi connectivity index (χ2n) is 29.6. The first-order chi connectivity index (χ1) is 44.2. The van der Waals surface area contributed by atoms with Crippen LogP contribution >= 0.6 is 0 Å². The Morgan fingerprint density at radius 1 is 0.798 bits per heavy atom. The molecule has 4 N–H and O–H groups in total. The van der Waals surface area contributed by atoms with Gasteiger partial charge in [0.2, 0.25) is 35.4 Å². The fraction of sp³-hybridized carbons (Fsp3) is 0.556. The predicted molar refractivity (Wildman–Crippen MR) is 356 cm³/mol. The lowest BCUT2D eigenvalue weighted by Crippen LogP contribution is -2.64. The van der Waals surface area contributed by atoms with Gasteiger partial charge >= 0.3 is 12.2 Å². The summed E-state index contributed by atoms with van der Waals surface area (Å²) in [6.07, 6.45) is 1.90. The molecule has 8 amide bonds. The second-order valence-corrected chi connectivity index (χ2v) is 29.6. The number of carbonyl (C=O) groups is 8. The van der Waals surface area contributed by atoms with Crippen molar-refractivity contribution in [3.8, 4) is 0 Å². The Hall–Kier alpha value is -7.95. The van der Waals surface area contributed by atoms with Crippen LogP contribution < -0.4 is 26.2 Å². The van der Waals surface area contributed by atoms with Gasteiger partial charge in [-0.2, -0.15) is 0 Å². The molecule has 4 heterocycles. The Kier molecular flexibility index (Phi) is 21.4. The fourth-order valence-corrected chi connectivity index (χ4v) is 13.3. The van der Waals surface area contributed by atoms with Crippen LogP contribution in [0, 0.1) is 11.2 Å². The molecular formula is C72H97FN10O11. The van der Waals surface area contributed by atoms with Crippen LogP contribution in [0.2, 0.25) is 0 Å². The molecule has 94 heavy (non-hydrogen) atoms. The highest BCUT2D eigenvalue weighted by Crippen LogP contribution is 2.43. The number of fused-ring (bicyclic) bond motifs is 3. The van der Waals surface area contributed by atoms with E-state index in [1.165, 1.54) is 29.0 Å². The number of benzene rings is 4. The zero-order valence-corrected chi connectivity index (χ0v) is 57.3. The number of amides is 8. The van der Waals surface area contributed by atoms with Gasteiger partial charge in [-0.1, -0.05) is 75.4 Å². The van der Waals surface area contributed by atoms with Crippen molar-refractivity contribution in [3.05, 3.63) is 130 Å².